The van der Waals surface area contributed by atoms with Crippen molar-refractivity contribution >= 4 is 0 Å². The molecule has 1 N–H and O–H groups in total. The highest BCUT2D eigenvalue weighted by molar-refractivity contribution is 5.42. The van der Waals surface area contributed by atoms with Crippen LogP contribution in [0.2, 0.25) is 0 Å². The number of nitrogens with one attached hydrogen (secondary N) is 1. The molecule has 0 saturated heterocycles. The molecule has 2 atom stereocenters. The van der Waals surface area contributed by atoms with Gasteiger partial charge in [-0.1, -0.05) is 13.8 Å². The van der Waals surface area contributed by atoms with Crippen molar-refractivity contribution in [1.29, 1.82) is 0 Å². The summed E-state index contributed by atoms with van der Waals surface area (Å²) in [6.07, 6.45) is 1.08. The van der Waals surface area contributed by atoms with E-state index >= 15 is 0 Å². The second kappa shape index (κ2) is 7.27. The lowest BCUT2D eigenvalue weighted by atomic mass is 9.93. The third kappa shape index (κ3) is 3.91. The molecular formula is C15H25NO2. The van der Waals surface area contributed by atoms with E-state index in [0.717, 1.165) is 24.5 Å². The van der Waals surface area contributed by atoms with E-state index in [4.69, 9.17) is 9.47 Å². The monoisotopic (exact) mass is 251 g/mol. The summed E-state index contributed by atoms with van der Waals surface area (Å²) >= 11 is 0. The van der Waals surface area contributed by atoms with Gasteiger partial charge in [-0.25, -0.2) is 0 Å². The van der Waals surface area contributed by atoms with Crippen molar-refractivity contribution < 1.29 is 9.47 Å². The van der Waals surface area contributed by atoms with Gasteiger partial charge in [0.05, 0.1) is 14.2 Å². The topological polar surface area (TPSA) is 30.5 Å². The Kier molecular flexibility index (Phi) is 5.99. The maximum atomic E-state index is 5.43. The first-order valence-corrected chi connectivity index (χ1v) is 6.57. The first-order chi connectivity index (χ1) is 8.62. The smallest absolute Gasteiger partial charge is 0.122 e. The minimum absolute atomic E-state index is 0.434. The average Bonchev–Trinajstić information content (AvgIpc) is 2.38. The fourth-order valence-electron chi connectivity index (χ4n) is 2.31. The van der Waals surface area contributed by atoms with Crippen LogP contribution in [0.3, 0.4) is 0 Å². The standard InChI is InChI=1S/C15H25NO2/c1-6-16-12(3)9-11(2)14-10-13(17-4)7-8-15(14)18-5/h7-8,10-12,16H,6,9H2,1-5H3. The van der Waals surface area contributed by atoms with Gasteiger partial charge >= 0.3 is 0 Å². The van der Waals surface area contributed by atoms with Crippen molar-refractivity contribution in [2.45, 2.75) is 39.2 Å². The summed E-state index contributed by atoms with van der Waals surface area (Å²) in [5.74, 6) is 2.25. The van der Waals surface area contributed by atoms with Gasteiger partial charge in [-0.2, -0.15) is 0 Å². The Morgan fingerprint density at radius 1 is 1.17 bits per heavy atom. The number of benzene rings is 1. The van der Waals surface area contributed by atoms with Gasteiger partial charge in [0, 0.05) is 11.6 Å². The van der Waals surface area contributed by atoms with Crippen LogP contribution in [0.4, 0.5) is 0 Å². The lowest BCUT2D eigenvalue weighted by Gasteiger charge is -2.20. The molecule has 0 fully saturated rings. The first kappa shape index (κ1) is 14.8. The molecular weight excluding hydrogens is 226 g/mol. The molecule has 1 aromatic carbocycles. The zero-order valence-corrected chi connectivity index (χ0v) is 12.1. The molecule has 18 heavy (non-hydrogen) atoms. The van der Waals surface area contributed by atoms with E-state index in [2.05, 4.69) is 32.2 Å². The summed E-state index contributed by atoms with van der Waals surface area (Å²) < 4.78 is 10.7. The Balaban J connectivity index is 2.85. The van der Waals surface area contributed by atoms with Crippen LogP contribution in [0.5, 0.6) is 11.5 Å². The molecule has 3 heteroatoms. The Morgan fingerprint density at radius 2 is 1.89 bits per heavy atom. The van der Waals surface area contributed by atoms with E-state index in [1.54, 1.807) is 14.2 Å². The van der Waals surface area contributed by atoms with Crippen molar-refractivity contribution in [2.24, 2.45) is 0 Å². The predicted octanol–water partition coefficient (Wildman–Crippen LogP) is 3.20. The highest BCUT2D eigenvalue weighted by Gasteiger charge is 2.15. The molecule has 3 nitrogen and oxygen atoms in total. The average molecular weight is 251 g/mol. The third-order valence-electron chi connectivity index (χ3n) is 3.23. The zero-order chi connectivity index (χ0) is 13.5. The molecule has 0 aromatic heterocycles. The largest absolute Gasteiger partial charge is 0.497 e. The van der Waals surface area contributed by atoms with Gasteiger partial charge in [0.2, 0.25) is 0 Å². The summed E-state index contributed by atoms with van der Waals surface area (Å²) in [4.78, 5) is 0. The fourth-order valence-corrected chi connectivity index (χ4v) is 2.31. The molecule has 0 aliphatic carbocycles. The number of hydrogen-bond acceptors (Lipinski definition) is 3. The Hall–Kier alpha value is -1.22. The number of ether oxygens (including phenoxy) is 2. The molecule has 102 valence electrons. The minimum Gasteiger partial charge on any atom is -0.497 e. The summed E-state index contributed by atoms with van der Waals surface area (Å²) in [7, 11) is 3.41. The molecule has 0 bridgehead atoms. The van der Waals surface area contributed by atoms with Gasteiger partial charge < -0.3 is 14.8 Å². The van der Waals surface area contributed by atoms with E-state index in [0.29, 0.717) is 12.0 Å². The lowest BCUT2D eigenvalue weighted by molar-refractivity contribution is 0.391. The quantitative estimate of drug-likeness (QED) is 0.807. The van der Waals surface area contributed by atoms with Crippen molar-refractivity contribution in [1.82, 2.24) is 5.32 Å². The van der Waals surface area contributed by atoms with Crippen LogP contribution in [-0.2, 0) is 0 Å². The summed E-state index contributed by atoms with van der Waals surface area (Å²) in [6, 6.07) is 6.48. The first-order valence-electron chi connectivity index (χ1n) is 6.57. The Morgan fingerprint density at radius 3 is 2.44 bits per heavy atom. The molecule has 0 saturated carbocycles. The van der Waals surface area contributed by atoms with Gasteiger partial charge in [0.25, 0.3) is 0 Å². The molecule has 2 unspecified atom stereocenters. The molecule has 0 aliphatic heterocycles. The van der Waals surface area contributed by atoms with E-state index < -0.39 is 0 Å². The van der Waals surface area contributed by atoms with Crippen LogP contribution >= 0.6 is 0 Å². The number of methoxy groups -OCH3 is 2. The highest BCUT2D eigenvalue weighted by Crippen LogP contribution is 2.32. The maximum Gasteiger partial charge on any atom is 0.122 e. The zero-order valence-electron chi connectivity index (χ0n) is 12.1. The molecule has 0 amide bonds. The van der Waals surface area contributed by atoms with Crippen LogP contribution in [0.15, 0.2) is 18.2 Å². The number of rotatable bonds is 7. The minimum atomic E-state index is 0.434. The van der Waals surface area contributed by atoms with Crippen molar-refractivity contribution in [3.8, 4) is 11.5 Å². The Labute approximate surface area is 110 Å². The summed E-state index contributed by atoms with van der Waals surface area (Å²) in [5.41, 5.74) is 1.21. The maximum absolute atomic E-state index is 5.43. The second-order valence-electron chi connectivity index (χ2n) is 4.70. The lowest BCUT2D eigenvalue weighted by Crippen LogP contribution is -2.27. The molecule has 0 heterocycles. The fraction of sp³-hybridized carbons (Fsp3) is 0.600. The second-order valence-corrected chi connectivity index (χ2v) is 4.70. The van der Waals surface area contributed by atoms with Gasteiger partial charge in [-0.15, -0.1) is 0 Å². The molecule has 1 aromatic rings. The highest BCUT2D eigenvalue weighted by atomic mass is 16.5. The summed E-state index contributed by atoms with van der Waals surface area (Å²) in [5, 5.41) is 3.44. The van der Waals surface area contributed by atoms with Gasteiger partial charge in [-0.05, 0) is 44.0 Å². The van der Waals surface area contributed by atoms with Crippen molar-refractivity contribution in [3.63, 3.8) is 0 Å². The van der Waals surface area contributed by atoms with E-state index in [9.17, 15) is 0 Å². The molecule has 1 rings (SSSR count). The van der Waals surface area contributed by atoms with Crippen LogP contribution < -0.4 is 14.8 Å². The van der Waals surface area contributed by atoms with Crippen LogP contribution in [0, 0.1) is 0 Å². The molecule has 0 radical (unpaired) electrons. The van der Waals surface area contributed by atoms with E-state index in [-0.39, 0.29) is 0 Å². The van der Waals surface area contributed by atoms with Crippen molar-refractivity contribution in [2.75, 3.05) is 20.8 Å². The van der Waals surface area contributed by atoms with E-state index in [1.807, 2.05) is 12.1 Å². The third-order valence-corrected chi connectivity index (χ3v) is 3.23. The number of hydrogen-bond donors (Lipinski definition) is 1. The predicted molar refractivity (Wildman–Crippen MR) is 75.7 cm³/mol. The van der Waals surface area contributed by atoms with Gasteiger partial charge in [0.15, 0.2) is 0 Å². The SMILES string of the molecule is CCNC(C)CC(C)c1cc(OC)ccc1OC. The van der Waals surface area contributed by atoms with Crippen LogP contribution in [0.1, 0.15) is 38.7 Å². The summed E-state index contributed by atoms with van der Waals surface area (Å²) in [6.45, 7) is 7.58. The van der Waals surface area contributed by atoms with Crippen LogP contribution in [-0.4, -0.2) is 26.8 Å². The van der Waals surface area contributed by atoms with Gasteiger partial charge in [-0.3, -0.25) is 0 Å². The van der Waals surface area contributed by atoms with Gasteiger partial charge in [0.1, 0.15) is 11.5 Å². The molecule has 0 spiro atoms. The normalized spacial score (nSPS) is 14.1. The Bertz CT molecular complexity index is 366. The van der Waals surface area contributed by atoms with E-state index in [1.165, 1.54) is 5.56 Å². The molecule has 0 aliphatic rings. The van der Waals surface area contributed by atoms with Crippen molar-refractivity contribution in [3.05, 3.63) is 23.8 Å². The van der Waals surface area contributed by atoms with Crippen LogP contribution in [0.25, 0.3) is 0 Å².